The Morgan fingerprint density at radius 2 is 2.00 bits per heavy atom. The van der Waals surface area contributed by atoms with Gasteiger partial charge in [0, 0.05) is 12.1 Å². The molecule has 0 saturated heterocycles. The SMILES string of the molecule is CCCNC(=O)[C@@H](C)NC(=O)c1cc(Cl)c(OCC)c(OC)c1. The van der Waals surface area contributed by atoms with Gasteiger partial charge in [-0.1, -0.05) is 18.5 Å². The third-order valence-corrected chi connectivity index (χ3v) is 3.35. The Hall–Kier alpha value is -1.95. The largest absolute Gasteiger partial charge is 0.493 e. The van der Waals surface area contributed by atoms with Crippen molar-refractivity contribution in [3.05, 3.63) is 22.7 Å². The van der Waals surface area contributed by atoms with Crippen LogP contribution in [0.3, 0.4) is 0 Å². The normalized spacial score (nSPS) is 11.5. The molecule has 7 heteroatoms. The molecule has 23 heavy (non-hydrogen) atoms. The van der Waals surface area contributed by atoms with E-state index in [2.05, 4.69) is 10.6 Å². The van der Waals surface area contributed by atoms with E-state index in [0.717, 1.165) is 6.42 Å². The van der Waals surface area contributed by atoms with Crippen molar-refractivity contribution in [3.8, 4) is 11.5 Å². The predicted octanol–water partition coefficient (Wildman–Crippen LogP) is 2.39. The highest BCUT2D eigenvalue weighted by Gasteiger charge is 2.19. The summed E-state index contributed by atoms with van der Waals surface area (Å²) in [6.45, 7) is 6.40. The maximum atomic E-state index is 12.3. The fourth-order valence-electron chi connectivity index (χ4n) is 1.88. The summed E-state index contributed by atoms with van der Waals surface area (Å²) in [6, 6.07) is 2.37. The molecule has 0 saturated carbocycles. The number of rotatable bonds is 8. The molecule has 0 aliphatic heterocycles. The Kier molecular flexibility index (Phi) is 7.68. The van der Waals surface area contributed by atoms with Crippen LogP contribution < -0.4 is 20.1 Å². The maximum Gasteiger partial charge on any atom is 0.252 e. The number of hydrogen-bond donors (Lipinski definition) is 2. The number of halogens is 1. The van der Waals surface area contributed by atoms with Crippen molar-refractivity contribution >= 4 is 23.4 Å². The van der Waals surface area contributed by atoms with Gasteiger partial charge in [-0.3, -0.25) is 9.59 Å². The molecular formula is C16H23ClN2O4. The molecule has 2 amide bonds. The van der Waals surface area contributed by atoms with Gasteiger partial charge in [0.1, 0.15) is 6.04 Å². The fourth-order valence-corrected chi connectivity index (χ4v) is 2.15. The van der Waals surface area contributed by atoms with Gasteiger partial charge in [-0.25, -0.2) is 0 Å². The van der Waals surface area contributed by atoms with E-state index < -0.39 is 11.9 Å². The van der Waals surface area contributed by atoms with Crippen molar-refractivity contribution < 1.29 is 19.1 Å². The molecule has 0 bridgehead atoms. The number of methoxy groups -OCH3 is 1. The van der Waals surface area contributed by atoms with E-state index in [9.17, 15) is 9.59 Å². The van der Waals surface area contributed by atoms with E-state index in [1.54, 1.807) is 6.92 Å². The van der Waals surface area contributed by atoms with Gasteiger partial charge in [-0.05, 0) is 32.4 Å². The molecule has 2 N–H and O–H groups in total. The number of carbonyl (C=O) groups is 2. The van der Waals surface area contributed by atoms with Gasteiger partial charge in [0.15, 0.2) is 11.5 Å². The average Bonchev–Trinajstić information content (AvgIpc) is 2.53. The van der Waals surface area contributed by atoms with Gasteiger partial charge in [0.2, 0.25) is 5.91 Å². The van der Waals surface area contributed by atoms with Crippen LogP contribution in [0.5, 0.6) is 11.5 Å². The van der Waals surface area contributed by atoms with Crippen molar-refractivity contribution in [2.75, 3.05) is 20.3 Å². The first-order chi connectivity index (χ1) is 10.9. The van der Waals surface area contributed by atoms with E-state index in [-0.39, 0.29) is 10.9 Å². The van der Waals surface area contributed by atoms with Crippen molar-refractivity contribution in [3.63, 3.8) is 0 Å². The van der Waals surface area contributed by atoms with E-state index in [0.29, 0.717) is 30.2 Å². The maximum absolute atomic E-state index is 12.3. The summed E-state index contributed by atoms with van der Waals surface area (Å²) in [5, 5.41) is 5.63. The van der Waals surface area contributed by atoms with Gasteiger partial charge in [-0.2, -0.15) is 0 Å². The molecule has 1 aromatic carbocycles. The molecule has 0 spiro atoms. The smallest absolute Gasteiger partial charge is 0.252 e. The van der Waals surface area contributed by atoms with Crippen LogP contribution in [0.1, 0.15) is 37.6 Å². The molecule has 0 aliphatic rings. The van der Waals surface area contributed by atoms with Crippen molar-refractivity contribution in [2.24, 2.45) is 0 Å². The van der Waals surface area contributed by atoms with E-state index in [4.69, 9.17) is 21.1 Å². The number of ether oxygens (including phenoxy) is 2. The van der Waals surface area contributed by atoms with Crippen LogP contribution in [0.4, 0.5) is 0 Å². The lowest BCUT2D eigenvalue weighted by Gasteiger charge is -2.16. The highest BCUT2D eigenvalue weighted by atomic mass is 35.5. The molecule has 1 aromatic rings. The van der Waals surface area contributed by atoms with Crippen LogP contribution in [0.15, 0.2) is 12.1 Å². The summed E-state index contributed by atoms with van der Waals surface area (Å²) in [5.41, 5.74) is 0.297. The van der Waals surface area contributed by atoms with Gasteiger partial charge in [0.25, 0.3) is 5.91 Å². The van der Waals surface area contributed by atoms with E-state index >= 15 is 0 Å². The average molecular weight is 343 g/mol. The third-order valence-electron chi connectivity index (χ3n) is 3.07. The molecule has 1 rings (SSSR count). The lowest BCUT2D eigenvalue weighted by Crippen LogP contribution is -2.45. The molecule has 6 nitrogen and oxygen atoms in total. The minimum absolute atomic E-state index is 0.232. The van der Waals surface area contributed by atoms with Crippen LogP contribution in [-0.2, 0) is 4.79 Å². The topological polar surface area (TPSA) is 76.7 Å². The quantitative estimate of drug-likeness (QED) is 0.760. The van der Waals surface area contributed by atoms with Crippen LogP contribution in [0.25, 0.3) is 0 Å². The highest BCUT2D eigenvalue weighted by molar-refractivity contribution is 6.32. The van der Waals surface area contributed by atoms with Crippen LogP contribution in [0, 0.1) is 0 Å². The Morgan fingerprint density at radius 1 is 1.30 bits per heavy atom. The van der Waals surface area contributed by atoms with Crippen LogP contribution >= 0.6 is 11.6 Å². The Morgan fingerprint density at radius 3 is 2.57 bits per heavy atom. The summed E-state index contributed by atoms with van der Waals surface area (Å²) in [7, 11) is 1.47. The molecule has 128 valence electrons. The Bertz CT molecular complexity index is 563. The predicted molar refractivity (Wildman–Crippen MR) is 89.4 cm³/mol. The summed E-state index contributed by atoms with van der Waals surface area (Å²) in [4.78, 5) is 24.1. The monoisotopic (exact) mass is 342 g/mol. The third kappa shape index (κ3) is 5.32. The van der Waals surface area contributed by atoms with Crippen LogP contribution in [-0.4, -0.2) is 38.1 Å². The molecule has 1 atom stereocenters. The number of carbonyl (C=O) groups excluding carboxylic acids is 2. The first-order valence-electron chi connectivity index (χ1n) is 7.53. The van der Waals surface area contributed by atoms with Crippen molar-refractivity contribution in [2.45, 2.75) is 33.2 Å². The summed E-state index contributed by atoms with van der Waals surface area (Å²) < 4.78 is 10.6. The Balaban J connectivity index is 2.87. The molecule has 0 radical (unpaired) electrons. The van der Waals surface area contributed by atoms with Crippen molar-refractivity contribution in [1.82, 2.24) is 10.6 Å². The number of hydrogen-bond acceptors (Lipinski definition) is 4. The second-order valence-electron chi connectivity index (χ2n) is 4.91. The lowest BCUT2D eigenvalue weighted by atomic mass is 10.1. The first-order valence-corrected chi connectivity index (χ1v) is 7.91. The number of benzene rings is 1. The van der Waals surface area contributed by atoms with Crippen LogP contribution in [0.2, 0.25) is 5.02 Å². The summed E-state index contributed by atoms with van der Waals surface area (Å²) in [6.07, 6.45) is 0.831. The fraction of sp³-hybridized carbons (Fsp3) is 0.500. The molecule has 0 fully saturated rings. The molecular weight excluding hydrogens is 320 g/mol. The molecule has 0 heterocycles. The van der Waals surface area contributed by atoms with Gasteiger partial charge in [0.05, 0.1) is 18.7 Å². The van der Waals surface area contributed by atoms with Gasteiger partial charge >= 0.3 is 0 Å². The molecule has 0 aliphatic carbocycles. The van der Waals surface area contributed by atoms with Gasteiger partial charge < -0.3 is 20.1 Å². The summed E-state index contributed by atoms with van der Waals surface area (Å²) in [5.74, 6) is 0.117. The van der Waals surface area contributed by atoms with E-state index in [1.807, 2.05) is 13.8 Å². The molecule has 0 aromatic heterocycles. The zero-order valence-corrected chi connectivity index (χ0v) is 14.6. The van der Waals surface area contributed by atoms with Gasteiger partial charge in [-0.15, -0.1) is 0 Å². The standard InChI is InChI=1S/C16H23ClN2O4/c1-5-7-18-15(20)10(3)19-16(21)11-8-12(17)14(23-6-2)13(9-11)22-4/h8-10H,5-7H2,1-4H3,(H,18,20)(H,19,21)/t10-/m1/s1. The zero-order chi connectivity index (χ0) is 17.4. The second-order valence-corrected chi connectivity index (χ2v) is 5.32. The second kappa shape index (κ2) is 9.25. The minimum Gasteiger partial charge on any atom is -0.493 e. The van der Waals surface area contributed by atoms with E-state index in [1.165, 1.54) is 19.2 Å². The number of nitrogens with one attached hydrogen (secondary N) is 2. The van der Waals surface area contributed by atoms with Crippen molar-refractivity contribution in [1.29, 1.82) is 0 Å². The Labute approximate surface area is 141 Å². The molecule has 0 unspecified atom stereocenters. The minimum atomic E-state index is -0.648. The lowest BCUT2D eigenvalue weighted by molar-refractivity contribution is -0.122. The zero-order valence-electron chi connectivity index (χ0n) is 13.9. The number of amides is 2. The first kappa shape index (κ1) is 19.1. The highest BCUT2D eigenvalue weighted by Crippen LogP contribution is 2.36. The summed E-state index contributed by atoms with van der Waals surface area (Å²) >= 11 is 6.14.